The van der Waals surface area contributed by atoms with Gasteiger partial charge in [-0.2, -0.15) is 18.3 Å². The smallest absolute Gasteiger partial charge is 0.423 e. The number of nitrogens with zero attached hydrogens (tertiary/aromatic N) is 2. The molecule has 2 aromatic rings. The molecule has 0 unspecified atom stereocenters. The molecule has 1 aliphatic heterocycles. The summed E-state index contributed by atoms with van der Waals surface area (Å²) in [4.78, 5) is 24.7. The zero-order chi connectivity index (χ0) is 21.2. The number of anilines is 1. The lowest BCUT2D eigenvalue weighted by atomic mass is 10.2. The van der Waals surface area contributed by atoms with E-state index in [-0.39, 0.29) is 23.6 Å². The summed E-state index contributed by atoms with van der Waals surface area (Å²) in [5.41, 5.74) is -3.26. The topological polar surface area (TPSA) is 84.5 Å². The normalized spacial score (nSPS) is 16.7. The van der Waals surface area contributed by atoms with Gasteiger partial charge in [-0.25, -0.2) is 14.3 Å². The van der Waals surface area contributed by atoms with Crippen LogP contribution in [0, 0.1) is 5.82 Å². The molecule has 0 aliphatic carbocycles. The van der Waals surface area contributed by atoms with Gasteiger partial charge in [0.2, 0.25) is 0 Å². The molecule has 1 N–H and O–H groups in total. The molecule has 29 heavy (non-hydrogen) atoms. The number of aromatic amines is 1. The van der Waals surface area contributed by atoms with Crippen molar-refractivity contribution < 1.29 is 31.8 Å². The van der Waals surface area contributed by atoms with E-state index in [1.165, 1.54) is 11.0 Å². The number of carbonyl (C=O) groups excluding carboxylic acids is 1. The Balaban J connectivity index is 1.81. The molecule has 0 bridgehead atoms. The average Bonchev–Trinajstić information content (AvgIpc) is 3.14. The van der Waals surface area contributed by atoms with Crippen molar-refractivity contribution in [3.05, 3.63) is 51.7 Å². The van der Waals surface area contributed by atoms with Gasteiger partial charge in [0.25, 0.3) is 5.56 Å². The lowest BCUT2D eigenvalue weighted by Crippen LogP contribution is -2.37. The van der Waals surface area contributed by atoms with E-state index in [9.17, 15) is 27.2 Å². The highest BCUT2D eigenvalue weighted by Crippen LogP contribution is 2.36. The van der Waals surface area contributed by atoms with Crippen LogP contribution >= 0.6 is 0 Å². The first-order valence-corrected chi connectivity index (χ1v) is 8.64. The van der Waals surface area contributed by atoms with E-state index in [2.05, 4.69) is 9.84 Å². The van der Waals surface area contributed by atoms with Gasteiger partial charge in [-0.15, -0.1) is 0 Å². The predicted molar refractivity (Wildman–Crippen MR) is 93.5 cm³/mol. The van der Waals surface area contributed by atoms with E-state index in [1.807, 2.05) is 5.10 Å². The lowest BCUT2D eigenvalue weighted by Gasteiger charge is -2.28. The number of carbonyl (C=O) groups is 1. The summed E-state index contributed by atoms with van der Waals surface area (Å²) < 4.78 is 63.8. The van der Waals surface area contributed by atoms with Crippen LogP contribution in [0.2, 0.25) is 0 Å². The largest absolute Gasteiger partial charge is 0.491 e. The third-order valence-electron chi connectivity index (χ3n) is 4.59. The van der Waals surface area contributed by atoms with Crippen LogP contribution in [0.25, 0.3) is 0 Å². The van der Waals surface area contributed by atoms with Crippen molar-refractivity contribution in [3.63, 3.8) is 0 Å². The Morgan fingerprint density at radius 3 is 2.83 bits per heavy atom. The van der Waals surface area contributed by atoms with E-state index in [0.717, 1.165) is 25.4 Å². The number of methoxy groups -OCH3 is 1. The van der Waals surface area contributed by atoms with Crippen LogP contribution in [-0.4, -0.2) is 42.5 Å². The molecule has 0 radical (unpaired) electrons. The number of halogens is 4. The number of esters is 1. The van der Waals surface area contributed by atoms with Crippen molar-refractivity contribution in [3.8, 4) is 5.75 Å². The molecular weight excluding hydrogens is 398 g/mol. The number of aromatic nitrogens is 2. The van der Waals surface area contributed by atoms with Gasteiger partial charge in [-0.3, -0.25) is 4.79 Å². The molecule has 11 heteroatoms. The minimum atomic E-state index is -4.84. The van der Waals surface area contributed by atoms with Crippen molar-refractivity contribution >= 4 is 11.7 Å². The third-order valence-corrected chi connectivity index (χ3v) is 4.59. The molecule has 2 heterocycles. The maximum Gasteiger partial charge on any atom is 0.423 e. The third kappa shape index (κ3) is 4.33. The molecule has 1 aromatic carbocycles. The Bertz CT molecular complexity index is 961. The van der Waals surface area contributed by atoms with Crippen LogP contribution in [0.5, 0.6) is 5.75 Å². The minimum Gasteiger partial charge on any atom is -0.491 e. The highest BCUT2D eigenvalue weighted by Gasteiger charge is 2.40. The number of hydrogen-bond acceptors (Lipinski definition) is 6. The van der Waals surface area contributed by atoms with Crippen LogP contribution in [0.4, 0.5) is 23.2 Å². The maximum absolute atomic E-state index is 13.7. The fraction of sp³-hybridized carbons (Fsp3) is 0.389. The highest BCUT2D eigenvalue weighted by atomic mass is 19.4. The Morgan fingerprint density at radius 1 is 1.38 bits per heavy atom. The Morgan fingerprint density at radius 2 is 2.14 bits per heavy atom. The van der Waals surface area contributed by atoms with Crippen LogP contribution in [0.3, 0.4) is 0 Å². The van der Waals surface area contributed by atoms with Crippen LogP contribution in [0.15, 0.2) is 29.2 Å². The number of benzene rings is 1. The Labute approximate surface area is 162 Å². The second kappa shape index (κ2) is 8.10. The van der Waals surface area contributed by atoms with E-state index in [4.69, 9.17) is 4.74 Å². The fourth-order valence-electron chi connectivity index (χ4n) is 3.26. The molecule has 1 saturated heterocycles. The number of rotatable bonds is 5. The van der Waals surface area contributed by atoms with Gasteiger partial charge in [-0.1, -0.05) is 0 Å². The quantitative estimate of drug-likeness (QED) is 0.597. The van der Waals surface area contributed by atoms with Crippen molar-refractivity contribution in [1.82, 2.24) is 10.2 Å². The van der Waals surface area contributed by atoms with Gasteiger partial charge in [0, 0.05) is 6.54 Å². The lowest BCUT2D eigenvalue weighted by molar-refractivity contribution is -0.138. The molecule has 0 saturated carbocycles. The van der Waals surface area contributed by atoms with Gasteiger partial charge in [0.1, 0.15) is 23.7 Å². The first-order chi connectivity index (χ1) is 13.7. The standard InChI is InChI=1S/C18H17F4N3O4/c1-28-17(27)12-7-11(4-5-13(12)19)29-9-10-3-2-6-25(10)14-8-23-24-16(26)15(14)18(20,21)22/h4-5,7-8,10H,2-3,6,9H2,1H3,(H,24,26)/t10-/m0/s1. The summed E-state index contributed by atoms with van der Waals surface area (Å²) in [5.74, 6) is -1.49. The van der Waals surface area contributed by atoms with Crippen LogP contribution in [0.1, 0.15) is 28.8 Å². The summed E-state index contributed by atoms with van der Waals surface area (Å²) in [5, 5.41) is 5.30. The second-order valence-corrected chi connectivity index (χ2v) is 6.39. The maximum atomic E-state index is 13.7. The summed E-state index contributed by atoms with van der Waals surface area (Å²) in [7, 11) is 1.11. The molecule has 156 valence electrons. The zero-order valence-corrected chi connectivity index (χ0v) is 15.3. The molecule has 1 aromatic heterocycles. The SMILES string of the molecule is COC(=O)c1cc(OC[C@@H]2CCCN2c2cn[nH]c(=O)c2C(F)(F)F)ccc1F. The fourth-order valence-corrected chi connectivity index (χ4v) is 3.26. The van der Waals surface area contributed by atoms with Crippen molar-refractivity contribution in [2.75, 3.05) is 25.2 Å². The number of ether oxygens (including phenoxy) is 2. The molecular formula is C18H17F4N3O4. The molecule has 0 spiro atoms. The first kappa shape index (κ1) is 20.6. The molecule has 7 nitrogen and oxygen atoms in total. The van der Waals surface area contributed by atoms with Gasteiger partial charge in [0.05, 0.1) is 30.6 Å². The Hall–Kier alpha value is -3.11. The average molecular weight is 415 g/mol. The van der Waals surface area contributed by atoms with E-state index < -0.39 is 35.1 Å². The number of hydrogen-bond donors (Lipinski definition) is 1. The van der Waals surface area contributed by atoms with Crippen molar-refractivity contribution in [2.24, 2.45) is 0 Å². The summed E-state index contributed by atoms with van der Waals surface area (Å²) in [6, 6.07) is 3.04. The van der Waals surface area contributed by atoms with E-state index in [1.54, 1.807) is 0 Å². The van der Waals surface area contributed by atoms with Crippen molar-refractivity contribution in [1.29, 1.82) is 0 Å². The first-order valence-electron chi connectivity index (χ1n) is 8.64. The molecule has 3 rings (SSSR count). The Kier molecular flexibility index (Phi) is 5.76. The monoisotopic (exact) mass is 415 g/mol. The zero-order valence-electron chi connectivity index (χ0n) is 15.3. The number of alkyl halides is 3. The van der Waals surface area contributed by atoms with Crippen LogP contribution < -0.4 is 15.2 Å². The minimum absolute atomic E-state index is 0.0314. The molecule has 1 aliphatic rings. The predicted octanol–water partition coefficient (Wildman–Crippen LogP) is 2.76. The summed E-state index contributed by atoms with van der Waals surface area (Å²) in [6.45, 7) is 0.259. The number of nitrogens with one attached hydrogen (secondary N) is 1. The molecule has 0 amide bonds. The van der Waals surface area contributed by atoms with Gasteiger partial charge < -0.3 is 14.4 Å². The summed E-state index contributed by atoms with van der Waals surface area (Å²) in [6.07, 6.45) is -2.76. The van der Waals surface area contributed by atoms with Gasteiger partial charge in [0.15, 0.2) is 0 Å². The van der Waals surface area contributed by atoms with Crippen LogP contribution in [-0.2, 0) is 10.9 Å². The van der Waals surface area contributed by atoms with E-state index in [0.29, 0.717) is 19.4 Å². The van der Waals surface area contributed by atoms with Gasteiger partial charge >= 0.3 is 12.1 Å². The highest BCUT2D eigenvalue weighted by molar-refractivity contribution is 5.90. The molecule has 1 fully saturated rings. The second-order valence-electron chi connectivity index (χ2n) is 6.39. The van der Waals surface area contributed by atoms with Gasteiger partial charge in [-0.05, 0) is 31.0 Å². The van der Waals surface area contributed by atoms with Crippen molar-refractivity contribution in [2.45, 2.75) is 25.1 Å². The molecule has 1 atom stereocenters. The van der Waals surface area contributed by atoms with E-state index >= 15 is 0 Å². The number of H-pyrrole nitrogens is 1. The summed E-state index contributed by atoms with van der Waals surface area (Å²) >= 11 is 0.